The number of halogens is 1. The Morgan fingerprint density at radius 1 is 1.53 bits per heavy atom. The Bertz CT molecular complexity index is 484. The molecule has 1 aromatic heterocycles. The van der Waals surface area contributed by atoms with Gasteiger partial charge in [-0.1, -0.05) is 0 Å². The molecule has 1 unspecified atom stereocenters. The molecule has 6 heteroatoms. The summed E-state index contributed by atoms with van der Waals surface area (Å²) in [5.41, 5.74) is 0.213. The number of rotatable bonds is 2. The molecular formula is C13H19ClN2O3. The summed E-state index contributed by atoms with van der Waals surface area (Å²) in [6.07, 6.45) is -0.154. The van der Waals surface area contributed by atoms with Crippen LogP contribution in [-0.4, -0.2) is 46.5 Å². The van der Waals surface area contributed by atoms with Crippen molar-refractivity contribution in [2.45, 2.75) is 39.4 Å². The molecule has 0 aromatic carbocycles. The molecule has 2 rings (SSSR count). The summed E-state index contributed by atoms with van der Waals surface area (Å²) in [5.74, 6) is 1.03. The predicted octanol–water partition coefficient (Wildman–Crippen LogP) is 2.15. The van der Waals surface area contributed by atoms with Crippen LogP contribution in [-0.2, 0) is 4.74 Å². The molecule has 0 spiro atoms. The molecule has 1 atom stereocenters. The number of aryl methyl sites for hydroxylation is 2. The van der Waals surface area contributed by atoms with Gasteiger partial charge in [0.05, 0.1) is 23.3 Å². The van der Waals surface area contributed by atoms with Crippen LogP contribution in [0.4, 0.5) is 0 Å². The number of amides is 1. The predicted molar refractivity (Wildman–Crippen MR) is 71.6 cm³/mol. The van der Waals surface area contributed by atoms with Gasteiger partial charge in [0.25, 0.3) is 5.91 Å². The average molecular weight is 287 g/mol. The summed E-state index contributed by atoms with van der Waals surface area (Å²) in [6, 6.07) is 0. The minimum absolute atomic E-state index is 0.149. The quantitative estimate of drug-likeness (QED) is 0.782. The Morgan fingerprint density at radius 3 is 2.74 bits per heavy atom. The molecule has 2 heterocycles. The maximum absolute atomic E-state index is 12.5. The van der Waals surface area contributed by atoms with E-state index in [2.05, 4.69) is 4.98 Å². The molecule has 0 saturated carbocycles. The van der Waals surface area contributed by atoms with E-state index in [1.54, 1.807) is 18.7 Å². The summed E-state index contributed by atoms with van der Waals surface area (Å²) in [7, 11) is 0. The number of alkyl halides is 1. The van der Waals surface area contributed by atoms with Crippen LogP contribution in [0.2, 0.25) is 0 Å². The summed E-state index contributed by atoms with van der Waals surface area (Å²) >= 11 is 5.86. The number of hydrogen-bond acceptors (Lipinski definition) is 4. The highest BCUT2D eigenvalue weighted by atomic mass is 35.5. The smallest absolute Gasteiger partial charge is 0.291 e. The van der Waals surface area contributed by atoms with E-state index in [1.807, 2.05) is 13.8 Å². The Kier molecular flexibility index (Phi) is 3.87. The van der Waals surface area contributed by atoms with Crippen molar-refractivity contribution in [3.05, 3.63) is 17.3 Å². The molecule has 1 aromatic rings. The van der Waals surface area contributed by atoms with Crippen molar-refractivity contribution in [1.29, 1.82) is 0 Å². The minimum atomic E-state index is -0.406. The van der Waals surface area contributed by atoms with Crippen LogP contribution in [0, 0.1) is 13.8 Å². The van der Waals surface area contributed by atoms with Crippen molar-refractivity contribution in [3.8, 4) is 0 Å². The fourth-order valence-electron chi connectivity index (χ4n) is 2.40. The zero-order chi connectivity index (χ0) is 14.2. The average Bonchev–Trinajstić information content (AvgIpc) is 2.65. The largest absolute Gasteiger partial charge is 0.436 e. The molecule has 1 amide bonds. The first-order valence-electron chi connectivity index (χ1n) is 6.29. The number of aromatic nitrogens is 1. The standard InChI is InChI=1S/C13H19ClN2O3/c1-8-11(18-9(2)15-8)12(17)16-6-10(5-14)19-13(3,4)7-16/h10H,5-7H2,1-4H3. The molecule has 1 fully saturated rings. The number of oxazole rings is 1. The third kappa shape index (κ3) is 3.09. The fourth-order valence-corrected chi connectivity index (χ4v) is 2.56. The van der Waals surface area contributed by atoms with Gasteiger partial charge in [0.1, 0.15) is 0 Å². The maximum atomic E-state index is 12.5. The van der Waals surface area contributed by atoms with Crippen LogP contribution in [0.3, 0.4) is 0 Å². The van der Waals surface area contributed by atoms with Gasteiger partial charge in [0.15, 0.2) is 5.89 Å². The van der Waals surface area contributed by atoms with E-state index in [0.29, 0.717) is 36.3 Å². The topological polar surface area (TPSA) is 55.6 Å². The van der Waals surface area contributed by atoms with E-state index in [0.717, 1.165) is 0 Å². The minimum Gasteiger partial charge on any atom is -0.436 e. The normalized spacial score (nSPS) is 22.6. The van der Waals surface area contributed by atoms with Gasteiger partial charge in [-0.15, -0.1) is 11.6 Å². The maximum Gasteiger partial charge on any atom is 0.291 e. The lowest BCUT2D eigenvalue weighted by Gasteiger charge is -2.42. The SMILES string of the molecule is Cc1nc(C)c(C(=O)N2CC(CCl)OC(C)(C)C2)o1. The van der Waals surface area contributed by atoms with Gasteiger partial charge in [-0.2, -0.15) is 0 Å². The molecule has 1 aliphatic heterocycles. The lowest BCUT2D eigenvalue weighted by atomic mass is 10.1. The molecule has 0 N–H and O–H groups in total. The molecule has 0 bridgehead atoms. The van der Waals surface area contributed by atoms with Crippen molar-refractivity contribution in [3.63, 3.8) is 0 Å². The third-order valence-electron chi connectivity index (χ3n) is 3.04. The van der Waals surface area contributed by atoms with Crippen molar-refractivity contribution in [1.82, 2.24) is 9.88 Å². The highest BCUT2D eigenvalue weighted by Crippen LogP contribution is 2.24. The van der Waals surface area contributed by atoms with Crippen molar-refractivity contribution < 1.29 is 13.9 Å². The highest BCUT2D eigenvalue weighted by molar-refractivity contribution is 6.18. The zero-order valence-corrected chi connectivity index (χ0v) is 12.5. The summed E-state index contributed by atoms with van der Waals surface area (Å²) in [5, 5.41) is 0. The van der Waals surface area contributed by atoms with E-state index in [-0.39, 0.29) is 12.0 Å². The van der Waals surface area contributed by atoms with Crippen LogP contribution in [0.15, 0.2) is 4.42 Å². The summed E-state index contributed by atoms with van der Waals surface area (Å²) in [4.78, 5) is 18.3. The first-order chi connectivity index (χ1) is 8.82. The van der Waals surface area contributed by atoms with Gasteiger partial charge in [-0.25, -0.2) is 4.98 Å². The second-order valence-electron chi connectivity index (χ2n) is 5.49. The highest BCUT2D eigenvalue weighted by Gasteiger charge is 2.37. The first-order valence-corrected chi connectivity index (χ1v) is 6.83. The molecule has 0 aliphatic carbocycles. The summed E-state index contributed by atoms with van der Waals surface area (Å²) < 4.78 is 11.2. The van der Waals surface area contributed by atoms with Crippen LogP contribution >= 0.6 is 11.6 Å². The zero-order valence-electron chi connectivity index (χ0n) is 11.7. The Labute approximate surface area is 117 Å². The molecule has 1 saturated heterocycles. The van der Waals surface area contributed by atoms with Gasteiger partial charge < -0.3 is 14.1 Å². The van der Waals surface area contributed by atoms with Gasteiger partial charge in [-0.3, -0.25) is 4.79 Å². The van der Waals surface area contributed by atoms with Crippen LogP contribution < -0.4 is 0 Å². The third-order valence-corrected chi connectivity index (χ3v) is 3.38. The molecule has 5 nitrogen and oxygen atoms in total. The number of nitrogens with zero attached hydrogens (tertiary/aromatic N) is 2. The Balaban J connectivity index is 2.21. The second kappa shape index (κ2) is 5.13. The van der Waals surface area contributed by atoms with Crippen molar-refractivity contribution in [2.75, 3.05) is 19.0 Å². The molecular weight excluding hydrogens is 268 g/mol. The molecule has 1 aliphatic rings. The van der Waals surface area contributed by atoms with Gasteiger partial charge in [-0.05, 0) is 20.8 Å². The monoisotopic (exact) mass is 286 g/mol. The van der Waals surface area contributed by atoms with E-state index in [4.69, 9.17) is 20.8 Å². The number of carbonyl (C=O) groups excluding carboxylic acids is 1. The number of ether oxygens (including phenoxy) is 1. The lowest BCUT2D eigenvalue weighted by molar-refractivity contribution is -0.117. The molecule has 106 valence electrons. The summed E-state index contributed by atoms with van der Waals surface area (Å²) in [6.45, 7) is 8.39. The van der Waals surface area contributed by atoms with Crippen molar-refractivity contribution >= 4 is 17.5 Å². The number of carbonyl (C=O) groups is 1. The van der Waals surface area contributed by atoms with E-state index in [1.165, 1.54) is 0 Å². The Hall–Kier alpha value is -1.07. The van der Waals surface area contributed by atoms with E-state index in [9.17, 15) is 4.79 Å². The second-order valence-corrected chi connectivity index (χ2v) is 5.80. The Morgan fingerprint density at radius 2 is 2.21 bits per heavy atom. The van der Waals surface area contributed by atoms with E-state index < -0.39 is 5.60 Å². The molecule has 0 radical (unpaired) electrons. The van der Waals surface area contributed by atoms with Gasteiger partial charge in [0, 0.05) is 20.0 Å². The molecule has 19 heavy (non-hydrogen) atoms. The van der Waals surface area contributed by atoms with Crippen LogP contribution in [0.5, 0.6) is 0 Å². The van der Waals surface area contributed by atoms with Crippen molar-refractivity contribution in [2.24, 2.45) is 0 Å². The lowest BCUT2D eigenvalue weighted by Crippen LogP contribution is -2.55. The van der Waals surface area contributed by atoms with Gasteiger partial charge >= 0.3 is 0 Å². The van der Waals surface area contributed by atoms with Gasteiger partial charge in [0.2, 0.25) is 5.76 Å². The van der Waals surface area contributed by atoms with Crippen LogP contribution in [0.25, 0.3) is 0 Å². The number of hydrogen-bond donors (Lipinski definition) is 0. The number of morpholine rings is 1. The first kappa shape index (κ1) is 14.3. The van der Waals surface area contributed by atoms with Crippen LogP contribution in [0.1, 0.15) is 36.0 Å². The van der Waals surface area contributed by atoms with E-state index >= 15 is 0 Å². The fraction of sp³-hybridized carbons (Fsp3) is 0.692.